The van der Waals surface area contributed by atoms with Crippen molar-refractivity contribution in [2.24, 2.45) is 5.92 Å². The SMILES string of the molecule is C[C@@H](OC1COP(=O)(O)OC2C(F)C(OCC[C@@H]1CF)OC2n1cnc2c(=O)[nH]c(N)nc21)n1cnc2c(N)ncnc21. The molecule has 6 unspecified atom stereocenters. The van der Waals surface area contributed by atoms with E-state index in [9.17, 15) is 18.6 Å². The Morgan fingerprint density at radius 2 is 2.02 bits per heavy atom. The fraction of sp³-hybridized carbons (Fsp3) is 0.545. The zero-order chi connectivity index (χ0) is 30.5. The van der Waals surface area contributed by atoms with Crippen molar-refractivity contribution in [1.82, 2.24) is 39.0 Å². The zero-order valence-corrected chi connectivity index (χ0v) is 23.3. The van der Waals surface area contributed by atoms with Crippen molar-refractivity contribution in [1.29, 1.82) is 0 Å². The van der Waals surface area contributed by atoms with Crippen LogP contribution in [0.1, 0.15) is 25.8 Å². The molecule has 8 atom stereocenters. The number of hydrogen-bond acceptors (Lipinski definition) is 14. The molecule has 2 bridgehead atoms. The van der Waals surface area contributed by atoms with Gasteiger partial charge in [0.05, 0.1) is 38.6 Å². The third kappa shape index (κ3) is 5.57. The van der Waals surface area contributed by atoms with E-state index in [1.54, 1.807) is 6.92 Å². The molecular weight excluding hydrogens is 601 g/mol. The summed E-state index contributed by atoms with van der Waals surface area (Å²) >= 11 is 0. The Balaban J connectivity index is 1.26. The lowest BCUT2D eigenvalue weighted by atomic mass is 10.0. The highest BCUT2D eigenvalue weighted by molar-refractivity contribution is 7.47. The van der Waals surface area contributed by atoms with Gasteiger partial charge in [0.1, 0.15) is 18.1 Å². The first-order valence-electron chi connectivity index (χ1n) is 13.0. The third-order valence-corrected chi connectivity index (χ3v) is 8.14. The summed E-state index contributed by atoms with van der Waals surface area (Å²) in [4.78, 5) is 45.3. The van der Waals surface area contributed by atoms with Crippen LogP contribution in [0.15, 0.2) is 23.8 Å². The van der Waals surface area contributed by atoms with E-state index in [2.05, 4.69) is 29.9 Å². The summed E-state index contributed by atoms with van der Waals surface area (Å²) in [6.45, 7) is -0.100. The first kappa shape index (κ1) is 29.4. The van der Waals surface area contributed by atoms with Crippen LogP contribution in [0.3, 0.4) is 0 Å². The van der Waals surface area contributed by atoms with E-state index in [0.717, 1.165) is 10.9 Å². The lowest BCUT2D eigenvalue weighted by Gasteiger charge is -2.30. The van der Waals surface area contributed by atoms with Gasteiger partial charge in [-0.1, -0.05) is 0 Å². The molecule has 0 radical (unpaired) electrons. The highest BCUT2D eigenvalue weighted by Crippen LogP contribution is 2.50. The quantitative estimate of drug-likeness (QED) is 0.223. The molecule has 21 heteroatoms. The molecule has 2 fully saturated rings. The number of hydrogen-bond donors (Lipinski definition) is 4. The Labute approximate surface area is 239 Å². The minimum Gasteiger partial charge on any atom is -0.382 e. The van der Waals surface area contributed by atoms with Crippen LogP contribution >= 0.6 is 7.82 Å². The zero-order valence-electron chi connectivity index (χ0n) is 22.4. The molecule has 18 nitrogen and oxygen atoms in total. The number of phosphoric ester groups is 1. The summed E-state index contributed by atoms with van der Waals surface area (Å²) in [5.41, 5.74) is 11.3. The summed E-state index contributed by atoms with van der Waals surface area (Å²) in [5.74, 6) is -1.02. The standard InChI is InChI=1S/C22H27F2N10O8P/c1-9(33-7-29-13-16(25)27-6-28-17(13)33)40-11-5-39-43(36,37)42-15-12(24)21(38-3-2-10(11)4-23)41-20(15)34-8-30-14-18(34)31-22(26)32-19(14)35/h6-12,15,20-21H,2-5H2,1H3,(H,36,37)(H2,25,27,28)(H3,26,31,32,35)/t9-,10-,11?,12?,15?,20?,21?/m1/s1. The van der Waals surface area contributed by atoms with Gasteiger partial charge in [-0.05, 0) is 13.3 Å². The molecule has 2 saturated heterocycles. The van der Waals surface area contributed by atoms with Gasteiger partial charge in [0.15, 0.2) is 47.4 Å². The van der Waals surface area contributed by atoms with Crippen LogP contribution in [0.5, 0.6) is 0 Å². The number of nitrogens with one attached hydrogen (secondary N) is 1. The fourth-order valence-electron chi connectivity index (χ4n) is 4.99. The minimum absolute atomic E-state index is 0.00296. The van der Waals surface area contributed by atoms with E-state index in [4.69, 9.17) is 34.7 Å². The Bertz CT molecular complexity index is 1740. The Morgan fingerprint density at radius 3 is 2.81 bits per heavy atom. The molecule has 0 spiro atoms. The summed E-state index contributed by atoms with van der Waals surface area (Å²) in [7, 11) is -5.04. The number of fused-ring (bicyclic) bond motifs is 4. The molecule has 0 aromatic carbocycles. The number of rotatable bonds is 5. The number of H-pyrrole nitrogens is 1. The van der Waals surface area contributed by atoms with Gasteiger partial charge in [0, 0.05) is 5.92 Å². The molecule has 232 valence electrons. The van der Waals surface area contributed by atoms with Crippen molar-refractivity contribution in [3.05, 3.63) is 29.3 Å². The fourth-order valence-corrected chi connectivity index (χ4v) is 5.91. The molecule has 2 aliphatic heterocycles. The van der Waals surface area contributed by atoms with Crippen LogP contribution in [0, 0.1) is 5.92 Å². The average Bonchev–Trinajstić information content (AvgIpc) is 3.66. The van der Waals surface area contributed by atoms with Crippen LogP contribution in [-0.4, -0.2) is 88.5 Å². The summed E-state index contributed by atoms with van der Waals surface area (Å²) < 4.78 is 73.4. The van der Waals surface area contributed by atoms with Gasteiger partial charge in [-0.25, -0.2) is 28.9 Å². The van der Waals surface area contributed by atoms with E-state index in [0.29, 0.717) is 11.2 Å². The Morgan fingerprint density at radius 1 is 1.23 bits per heavy atom. The first-order valence-corrected chi connectivity index (χ1v) is 14.5. The number of ether oxygens (including phenoxy) is 3. The number of aromatic nitrogens is 8. The molecule has 6 rings (SSSR count). The Hall–Kier alpha value is -3.65. The number of nitrogens with two attached hydrogens (primary N) is 2. The second-order valence-corrected chi connectivity index (χ2v) is 11.3. The molecule has 0 aliphatic carbocycles. The molecule has 4 aromatic heterocycles. The van der Waals surface area contributed by atoms with Gasteiger partial charge in [0.25, 0.3) is 5.56 Å². The van der Waals surface area contributed by atoms with Gasteiger partial charge in [-0.2, -0.15) is 4.98 Å². The molecule has 6 heterocycles. The van der Waals surface area contributed by atoms with Crippen molar-refractivity contribution >= 4 is 41.9 Å². The number of anilines is 2. The van der Waals surface area contributed by atoms with Gasteiger partial charge < -0.3 is 30.6 Å². The van der Waals surface area contributed by atoms with E-state index >= 15 is 4.39 Å². The predicted octanol–water partition coefficient (Wildman–Crippen LogP) is 0.729. The summed E-state index contributed by atoms with van der Waals surface area (Å²) in [5, 5.41) is 0. The van der Waals surface area contributed by atoms with Crippen LogP contribution in [0.2, 0.25) is 0 Å². The normalized spacial score (nSPS) is 31.2. The van der Waals surface area contributed by atoms with Crippen molar-refractivity contribution < 1.29 is 41.5 Å². The third-order valence-electron chi connectivity index (χ3n) is 7.16. The van der Waals surface area contributed by atoms with Crippen LogP contribution in [0.25, 0.3) is 22.3 Å². The average molecular weight is 628 g/mol. The summed E-state index contributed by atoms with van der Waals surface area (Å²) in [6.07, 6.45) is -5.10. The van der Waals surface area contributed by atoms with Crippen LogP contribution < -0.4 is 17.0 Å². The first-order chi connectivity index (χ1) is 20.6. The molecule has 0 saturated carbocycles. The van der Waals surface area contributed by atoms with E-state index in [1.165, 1.54) is 17.2 Å². The highest BCUT2D eigenvalue weighted by Gasteiger charge is 2.52. The van der Waals surface area contributed by atoms with Gasteiger partial charge >= 0.3 is 7.82 Å². The maximum Gasteiger partial charge on any atom is 0.472 e. The lowest BCUT2D eigenvalue weighted by Crippen LogP contribution is -2.36. The second kappa shape index (κ2) is 11.5. The number of halogens is 2. The predicted molar refractivity (Wildman–Crippen MR) is 141 cm³/mol. The maximum atomic E-state index is 15.6. The van der Waals surface area contributed by atoms with Gasteiger partial charge in [-0.3, -0.25) is 32.4 Å². The molecule has 6 N–H and O–H groups in total. The number of alkyl halides is 2. The topological polar surface area (TPSA) is 243 Å². The number of nitrogens with zero attached hydrogens (tertiary/aromatic N) is 7. The van der Waals surface area contributed by atoms with Gasteiger partial charge in [-0.15, -0.1) is 0 Å². The molecule has 43 heavy (non-hydrogen) atoms. The number of aromatic amines is 1. The molecule has 2 aliphatic rings. The highest BCUT2D eigenvalue weighted by atomic mass is 31.2. The largest absolute Gasteiger partial charge is 0.472 e. The van der Waals surface area contributed by atoms with Crippen molar-refractivity contribution in [2.75, 3.05) is 31.4 Å². The summed E-state index contributed by atoms with van der Waals surface area (Å²) in [6, 6.07) is 0. The van der Waals surface area contributed by atoms with Crippen molar-refractivity contribution in [3.8, 4) is 0 Å². The second-order valence-electron chi connectivity index (χ2n) is 9.88. The number of nitrogen functional groups attached to an aromatic ring is 2. The minimum atomic E-state index is -5.04. The number of imidazole rings is 2. The van der Waals surface area contributed by atoms with Crippen molar-refractivity contribution in [2.45, 2.75) is 50.5 Å². The van der Waals surface area contributed by atoms with Crippen molar-refractivity contribution in [3.63, 3.8) is 0 Å². The smallest absolute Gasteiger partial charge is 0.382 e. The molecule has 0 amide bonds. The van der Waals surface area contributed by atoms with Crippen LogP contribution in [-0.2, 0) is 27.8 Å². The molecular formula is C22H27F2N10O8P. The molecule has 4 aromatic rings. The monoisotopic (exact) mass is 628 g/mol. The van der Waals surface area contributed by atoms with E-state index in [1.807, 2.05) is 0 Å². The van der Waals surface area contributed by atoms with Gasteiger partial charge in [0.2, 0.25) is 5.95 Å². The van der Waals surface area contributed by atoms with E-state index < -0.39 is 69.7 Å². The Kier molecular flexibility index (Phi) is 7.84. The van der Waals surface area contributed by atoms with Crippen LogP contribution in [0.4, 0.5) is 20.5 Å². The van der Waals surface area contributed by atoms with E-state index in [-0.39, 0.29) is 36.0 Å². The number of phosphoric acid groups is 1. The maximum absolute atomic E-state index is 15.6. The lowest BCUT2D eigenvalue weighted by molar-refractivity contribution is -0.171.